The largest absolute Gasteiger partial charge is 0.354 e. The van der Waals surface area contributed by atoms with Crippen molar-refractivity contribution in [1.82, 2.24) is 30.1 Å². The number of anilines is 1. The van der Waals surface area contributed by atoms with Gasteiger partial charge in [-0.25, -0.2) is 4.98 Å². The molecule has 2 aromatic heterocycles. The van der Waals surface area contributed by atoms with Crippen molar-refractivity contribution in [3.63, 3.8) is 0 Å². The van der Waals surface area contributed by atoms with Gasteiger partial charge in [0.15, 0.2) is 0 Å². The Bertz CT molecular complexity index is 529. The van der Waals surface area contributed by atoms with E-state index in [1.54, 1.807) is 0 Å². The van der Waals surface area contributed by atoms with E-state index in [-0.39, 0.29) is 5.28 Å². The van der Waals surface area contributed by atoms with Crippen molar-refractivity contribution >= 4 is 29.3 Å². The number of hydrogen-bond acceptors (Lipinski definition) is 7. The van der Waals surface area contributed by atoms with Crippen LogP contribution in [-0.2, 0) is 0 Å². The Labute approximate surface area is 113 Å². The smallest absolute Gasteiger partial charge is 0.228 e. The molecule has 2 rings (SSSR count). The lowest BCUT2D eigenvalue weighted by atomic mass is 10.5. The molecule has 0 fully saturated rings. The summed E-state index contributed by atoms with van der Waals surface area (Å²) in [5.41, 5.74) is 0. The summed E-state index contributed by atoms with van der Waals surface area (Å²) in [4.78, 5) is 16.4. The van der Waals surface area contributed by atoms with Gasteiger partial charge < -0.3 is 5.32 Å². The third-order valence-corrected chi connectivity index (χ3v) is 2.78. The average molecular weight is 286 g/mol. The summed E-state index contributed by atoms with van der Waals surface area (Å²) in [5.74, 6) is 1.20. The van der Waals surface area contributed by atoms with E-state index in [1.807, 2.05) is 6.92 Å². The van der Waals surface area contributed by atoms with Crippen molar-refractivity contribution in [1.29, 1.82) is 0 Å². The normalized spacial score (nSPS) is 10.6. The number of H-pyrrole nitrogens is 1. The van der Waals surface area contributed by atoms with Crippen LogP contribution in [0.15, 0.2) is 10.3 Å². The molecule has 96 valence electrons. The van der Waals surface area contributed by atoms with E-state index in [2.05, 4.69) is 42.4 Å². The highest BCUT2D eigenvalue weighted by molar-refractivity contribution is 7.99. The van der Waals surface area contributed by atoms with Crippen molar-refractivity contribution in [3.05, 3.63) is 11.1 Å². The molecule has 0 aliphatic heterocycles. The van der Waals surface area contributed by atoms with Gasteiger partial charge in [0.1, 0.15) is 5.82 Å². The molecule has 7 nitrogen and oxygen atoms in total. The maximum absolute atomic E-state index is 5.84. The average Bonchev–Trinajstić information content (AvgIpc) is 2.71. The first-order valence-corrected chi connectivity index (χ1v) is 6.59. The number of aromatic amines is 1. The van der Waals surface area contributed by atoms with Gasteiger partial charge >= 0.3 is 0 Å². The molecular formula is C9H12ClN7S. The fourth-order valence-electron chi connectivity index (χ4n) is 1.14. The molecular weight excluding hydrogens is 274 g/mol. The number of rotatable bonds is 5. The maximum atomic E-state index is 5.84. The van der Waals surface area contributed by atoms with Gasteiger partial charge in [0.05, 0.1) is 0 Å². The summed E-state index contributed by atoms with van der Waals surface area (Å²) < 4.78 is 0. The second kappa shape index (κ2) is 5.96. The number of hydrogen-bond donors (Lipinski definition) is 2. The zero-order valence-electron chi connectivity index (χ0n) is 9.94. The number of halogens is 1. The Balaban J connectivity index is 2.14. The summed E-state index contributed by atoms with van der Waals surface area (Å²) in [5, 5.41) is 11.0. The molecule has 0 saturated heterocycles. The molecule has 0 radical (unpaired) electrons. The van der Waals surface area contributed by atoms with Gasteiger partial charge in [-0.05, 0) is 36.7 Å². The van der Waals surface area contributed by atoms with E-state index in [9.17, 15) is 0 Å². The molecule has 0 saturated carbocycles. The third-order valence-electron chi connectivity index (χ3n) is 1.88. The van der Waals surface area contributed by atoms with Crippen LogP contribution in [-0.4, -0.2) is 36.7 Å². The van der Waals surface area contributed by atoms with E-state index >= 15 is 0 Å². The number of aryl methyl sites for hydroxylation is 1. The second-order valence-corrected chi connectivity index (χ2v) is 4.72. The first-order chi connectivity index (χ1) is 8.67. The van der Waals surface area contributed by atoms with Crippen LogP contribution in [0.2, 0.25) is 5.28 Å². The fraction of sp³-hybridized carbons (Fsp3) is 0.444. The van der Waals surface area contributed by atoms with Gasteiger partial charge in [0.2, 0.25) is 21.5 Å². The highest BCUT2D eigenvalue weighted by atomic mass is 35.5. The summed E-state index contributed by atoms with van der Waals surface area (Å²) in [6.07, 6.45) is 0.978. The Hall–Kier alpha value is -1.41. The fourth-order valence-corrected chi connectivity index (χ4v) is 2.05. The lowest BCUT2D eigenvalue weighted by Crippen LogP contribution is -2.06. The van der Waals surface area contributed by atoms with Crippen LogP contribution in [0.1, 0.15) is 19.2 Å². The predicted molar refractivity (Wildman–Crippen MR) is 68.9 cm³/mol. The van der Waals surface area contributed by atoms with Gasteiger partial charge in [-0.1, -0.05) is 6.92 Å². The molecule has 0 aliphatic carbocycles. The first kappa shape index (κ1) is 13.0. The standard InChI is InChI=1S/C9H12ClN7S/c1-3-4-11-7-13-6(10)14-8(15-7)18-9-12-5(2)16-17-9/h3-4H2,1-2H3,(H,12,16,17)(H,11,13,14,15). The minimum absolute atomic E-state index is 0.151. The number of nitrogens with one attached hydrogen (secondary N) is 2. The van der Waals surface area contributed by atoms with Crippen molar-refractivity contribution in [2.75, 3.05) is 11.9 Å². The van der Waals surface area contributed by atoms with Crippen LogP contribution in [0, 0.1) is 6.92 Å². The molecule has 18 heavy (non-hydrogen) atoms. The summed E-state index contributed by atoms with van der Waals surface area (Å²) >= 11 is 7.07. The molecule has 0 spiro atoms. The summed E-state index contributed by atoms with van der Waals surface area (Å²) in [6, 6.07) is 0. The number of nitrogens with zero attached hydrogens (tertiary/aromatic N) is 5. The molecule has 0 bridgehead atoms. The van der Waals surface area contributed by atoms with Gasteiger partial charge in [0.25, 0.3) is 0 Å². The van der Waals surface area contributed by atoms with Crippen molar-refractivity contribution in [2.24, 2.45) is 0 Å². The zero-order chi connectivity index (χ0) is 13.0. The van der Waals surface area contributed by atoms with Gasteiger partial charge in [-0.3, -0.25) is 5.10 Å². The molecule has 2 N–H and O–H groups in total. The molecule has 0 aromatic carbocycles. The SMILES string of the molecule is CCCNc1nc(Cl)nc(Sc2n[nH]c(C)n2)n1. The van der Waals surface area contributed by atoms with Crippen LogP contribution in [0.5, 0.6) is 0 Å². The highest BCUT2D eigenvalue weighted by Crippen LogP contribution is 2.22. The van der Waals surface area contributed by atoms with E-state index in [0.29, 0.717) is 16.3 Å². The minimum atomic E-state index is 0.151. The summed E-state index contributed by atoms with van der Waals surface area (Å²) in [7, 11) is 0. The molecule has 9 heteroatoms. The van der Waals surface area contributed by atoms with E-state index in [1.165, 1.54) is 11.8 Å². The quantitative estimate of drug-likeness (QED) is 0.867. The number of aromatic nitrogens is 6. The third kappa shape index (κ3) is 3.54. The maximum Gasteiger partial charge on any atom is 0.228 e. The summed E-state index contributed by atoms with van der Waals surface area (Å²) in [6.45, 7) is 4.66. The molecule has 0 aliphatic rings. The van der Waals surface area contributed by atoms with E-state index in [4.69, 9.17) is 11.6 Å². The molecule has 0 unspecified atom stereocenters. The van der Waals surface area contributed by atoms with Crippen LogP contribution >= 0.6 is 23.4 Å². The molecule has 2 aromatic rings. The predicted octanol–water partition coefficient (Wildman–Crippen LogP) is 1.92. The van der Waals surface area contributed by atoms with Crippen molar-refractivity contribution in [3.8, 4) is 0 Å². The van der Waals surface area contributed by atoms with Gasteiger partial charge in [-0.15, -0.1) is 5.10 Å². The van der Waals surface area contributed by atoms with Crippen molar-refractivity contribution < 1.29 is 0 Å². The van der Waals surface area contributed by atoms with Crippen LogP contribution in [0.3, 0.4) is 0 Å². The van der Waals surface area contributed by atoms with Crippen LogP contribution in [0.25, 0.3) is 0 Å². The monoisotopic (exact) mass is 285 g/mol. The van der Waals surface area contributed by atoms with Gasteiger partial charge in [-0.2, -0.15) is 15.0 Å². The lowest BCUT2D eigenvalue weighted by molar-refractivity contribution is 0.871. The van der Waals surface area contributed by atoms with E-state index in [0.717, 1.165) is 18.8 Å². The highest BCUT2D eigenvalue weighted by Gasteiger charge is 2.09. The van der Waals surface area contributed by atoms with Crippen molar-refractivity contribution in [2.45, 2.75) is 30.6 Å². The molecule has 0 amide bonds. The van der Waals surface area contributed by atoms with E-state index < -0.39 is 0 Å². The first-order valence-electron chi connectivity index (χ1n) is 5.39. The van der Waals surface area contributed by atoms with Gasteiger partial charge in [0, 0.05) is 6.54 Å². The Morgan fingerprint density at radius 3 is 2.72 bits per heavy atom. The van der Waals surface area contributed by atoms with Crippen LogP contribution in [0.4, 0.5) is 5.95 Å². The zero-order valence-corrected chi connectivity index (χ0v) is 11.5. The Morgan fingerprint density at radius 2 is 2.06 bits per heavy atom. The topological polar surface area (TPSA) is 92.3 Å². The Kier molecular flexibility index (Phi) is 4.32. The minimum Gasteiger partial charge on any atom is -0.354 e. The Morgan fingerprint density at radius 1 is 1.22 bits per heavy atom. The lowest BCUT2D eigenvalue weighted by Gasteiger charge is -2.03. The van der Waals surface area contributed by atoms with Crippen LogP contribution < -0.4 is 5.32 Å². The molecule has 0 atom stereocenters. The molecule has 2 heterocycles. The second-order valence-electron chi connectivity index (χ2n) is 3.44.